The fourth-order valence-corrected chi connectivity index (χ4v) is 5.08. The Morgan fingerprint density at radius 3 is 2.59 bits per heavy atom. The van der Waals surface area contributed by atoms with Gasteiger partial charge in [0.05, 0.1) is 10.6 Å². The zero-order valence-electron chi connectivity index (χ0n) is 18.5. The zero-order valence-corrected chi connectivity index (χ0v) is 20.1. The van der Waals surface area contributed by atoms with Gasteiger partial charge in [0, 0.05) is 24.9 Å². The Morgan fingerprint density at radius 1 is 1.09 bits per heavy atom. The maximum Gasteiger partial charge on any atom is 0.253 e. The molecule has 2 aromatic heterocycles. The second-order valence-electron chi connectivity index (χ2n) is 7.67. The molecule has 32 heavy (non-hydrogen) atoms. The summed E-state index contributed by atoms with van der Waals surface area (Å²) in [5.41, 5.74) is 4.11. The predicted octanol–water partition coefficient (Wildman–Crippen LogP) is 6.08. The van der Waals surface area contributed by atoms with Gasteiger partial charge >= 0.3 is 0 Å². The Bertz CT molecular complexity index is 1180. The zero-order chi connectivity index (χ0) is 22.5. The van der Waals surface area contributed by atoms with Crippen molar-refractivity contribution in [3.8, 4) is 16.4 Å². The molecular weight excluding hydrogens is 436 g/mol. The molecule has 2 heterocycles. The summed E-state index contributed by atoms with van der Waals surface area (Å²) in [6.45, 7) is 4.92. The summed E-state index contributed by atoms with van der Waals surface area (Å²) >= 11 is 3.30. The van der Waals surface area contributed by atoms with Crippen molar-refractivity contribution < 1.29 is 4.79 Å². The summed E-state index contributed by atoms with van der Waals surface area (Å²) in [5, 5.41) is 11.9. The van der Waals surface area contributed by atoms with E-state index in [0.29, 0.717) is 0 Å². The van der Waals surface area contributed by atoms with Crippen molar-refractivity contribution in [3.05, 3.63) is 82.7 Å². The van der Waals surface area contributed by atoms with Gasteiger partial charge in [0.15, 0.2) is 11.0 Å². The molecule has 0 bridgehead atoms. The Morgan fingerprint density at radius 2 is 1.91 bits per heavy atom. The maximum atomic E-state index is 12.5. The highest BCUT2D eigenvalue weighted by Gasteiger charge is 2.17. The van der Waals surface area contributed by atoms with E-state index in [-0.39, 0.29) is 5.91 Å². The lowest BCUT2D eigenvalue weighted by atomic mass is 10.1. The van der Waals surface area contributed by atoms with Crippen molar-refractivity contribution in [1.82, 2.24) is 19.7 Å². The number of nitrogens with zero attached hydrogens (tertiary/aromatic N) is 4. The number of hydrogen-bond acceptors (Lipinski definition) is 5. The number of carbonyl (C=O) groups is 1. The molecule has 0 unspecified atom stereocenters. The van der Waals surface area contributed by atoms with Crippen molar-refractivity contribution in [2.24, 2.45) is 0 Å². The van der Waals surface area contributed by atoms with Crippen LogP contribution in [0, 0.1) is 6.92 Å². The van der Waals surface area contributed by atoms with Gasteiger partial charge in [-0.1, -0.05) is 49.0 Å². The quantitative estimate of drug-likeness (QED) is 0.298. The van der Waals surface area contributed by atoms with Crippen LogP contribution in [0.1, 0.15) is 34.8 Å². The highest BCUT2D eigenvalue weighted by Crippen LogP contribution is 2.32. The Hall–Kier alpha value is -2.90. The molecule has 4 aromatic rings. The van der Waals surface area contributed by atoms with Gasteiger partial charge < -0.3 is 4.90 Å². The Balaban J connectivity index is 1.56. The molecule has 0 radical (unpaired) electrons. The van der Waals surface area contributed by atoms with Crippen LogP contribution in [0.25, 0.3) is 16.4 Å². The van der Waals surface area contributed by atoms with Crippen LogP contribution in [-0.4, -0.2) is 39.2 Å². The fourth-order valence-electron chi connectivity index (χ4n) is 3.48. The molecule has 1 amide bonds. The first-order chi connectivity index (χ1) is 15.6. The van der Waals surface area contributed by atoms with Crippen molar-refractivity contribution in [2.75, 3.05) is 13.6 Å². The molecule has 0 aliphatic heterocycles. The number of thioether (sulfide) groups is 1. The van der Waals surface area contributed by atoms with Gasteiger partial charge in [0.1, 0.15) is 0 Å². The van der Waals surface area contributed by atoms with E-state index >= 15 is 0 Å². The second kappa shape index (κ2) is 10.1. The second-order valence-corrected chi connectivity index (χ2v) is 9.56. The largest absolute Gasteiger partial charge is 0.342 e. The van der Waals surface area contributed by atoms with E-state index in [2.05, 4.69) is 64.3 Å². The Kier molecular flexibility index (Phi) is 7.07. The van der Waals surface area contributed by atoms with Gasteiger partial charge in [0.25, 0.3) is 5.91 Å². The van der Waals surface area contributed by atoms with E-state index < -0.39 is 0 Å². The molecule has 0 fully saturated rings. The lowest BCUT2D eigenvalue weighted by Crippen LogP contribution is -2.27. The van der Waals surface area contributed by atoms with Crippen LogP contribution >= 0.6 is 23.1 Å². The third kappa shape index (κ3) is 4.95. The van der Waals surface area contributed by atoms with E-state index in [1.807, 2.05) is 37.4 Å². The van der Waals surface area contributed by atoms with Crippen LogP contribution < -0.4 is 0 Å². The van der Waals surface area contributed by atoms with Crippen molar-refractivity contribution in [3.63, 3.8) is 0 Å². The smallest absolute Gasteiger partial charge is 0.253 e. The average molecular weight is 463 g/mol. The fraction of sp³-hybridized carbons (Fsp3) is 0.240. The molecule has 0 N–H and O–H groups in total. The van der Waals surface area contributed by atoms with E-state index in [4.69, 9.17) is 0 Å². The van der Waals surface area contributed by atoms with Crippen LogP contribution in [0.5, 0.6) is 0 Å². The maximum absolute atomic E-state index is 12.5. The molecule has 5 nitrogen and oxygen atoms in total. The number of amides is 1. The van der Waals surface area contributed by atoms with E-state index in [1.54, 1.807) is 28.0 Å². The first-order valence-corrected chi connectivity index (χ1v) is 12.5. The summed E-state index contributed by atoms with van der Waals surface area (Å²) in [4.78, 5) is 15.3. The lowest BCUT2D eigenvalue weighted by molar-refractivity contribution is 0.0795. The number of rotatable bonds is 8. The number of hydrogen-bond donors (Lipinski definition) is 0. The summed E-state index contributed by atoms with van der Waals surface area (Å²) in [5.74, 6) is 1.66. The molecule has 0 aliphatic carbocycles. The van der Waals surface area contributed by atoms with Gasteiger partial charge in [0.2, 0.25) is 0 Å². The summed E-state index contributed by atoms with van der Waals surface area (Å²) in [7, 11) is 1.85. The van der Waals surface area contributed by atoms with Crippen LogP contribution in [0.15, 0.2) is 71.2 Å². The molecule has 7 heteroatoms. The first kappa shape index (κ1) is 22.3. The number of carbonyl (C=O) groups excluding carboxylic acids is 1. The molecule has 164 valence electrons. The molecule has 4 rings (SSSR count). The van der Waals surface area contributed by atoms with E-state index in [9.17, 15) is 4.79 Å². The molecule has 0 saturated carbocycles. The summed E-state index contributed by atoms with van der Waals surface area (Å²) in [6, 6.07) is 20.3. The minimum Gasteiger partial charge on any atom is -0.342 e. The molecule has 0 aliphatic rings. The van der Waals surface area contributed by atoms with Gasteiger partial charge in [-0.15, -0.1) is 21.5 Å². The minimum atomic E-state index is 0.0610. The first-order valence-electron chi connectivity index (χ1n) is 10.6. The summed E-state index contributed by atoms with van der Waals surface area (Å²) in [6.07, 6.45) is 0.950. The third-order valence-electron chi connectivity index (χ3n) is 5.11. The number of thiophene rings is 1. The molecular formula is C25H26N4OS2. The molecule has 0 saturated heterocycles. The molecule has 0 spiro atoms. The predicted molar refractivity (Wildman–Crippen MR) is 133 cm³/mol. The SMILES string of the molecule is CCCN(C)C(=O)c1ccc(CSc2nnc(-c3cccs3)n2-c2cccc(C)c2)cc1. The highest BCUT2D eigenvalue weighted by atomic mass is 32.2. The topological polar surface area (TPSA) is 51.0 Å². The van der Waals surface area contributed by atoms with Crippen LogP contribution in [-0.2, 0) is 5.75 Å². The Labute approximate surface area is 197 Å². The monoisotopic (exact) mass is 462 g/mol. The normalized spacial score (nSPS) is 11.0. The molecule has 2 aromatic carbocycles. The van der Waals surface area contributed by atoms with Gasteiger partial charge in [-0.05, 0) is 60.2 Å². The number of aryl methyl sites for hydroxylation is 1. The minimum absolute atomic E-state index is 0.0610. The van der Waals surface area contributed by atoms with Crippen molar-refractivity contribution >= 4 is 29.0 Å². The third-order valence-corrected chi connectivity index (χ3v) is 6.98. The standard InChI is InChI=1S/C25H26N4OS2/c1-4-14-28(3)24(30)20-12-10-19(11-13-20)17-32-25-27-26-23(22-9-6-15-31-22)29(25)21-8-5-7-18(2)16-21/h5-13,15-16H,4,14,17H2,1-3H3. The average Bonchev–Trinajstić information content (AvgIpc) is 3.47. The van der Waals surface area contributed by atoms with Crippen LogP contribution in [0.3, 0.4) is 0 Å². The van der Waals surface area contributed by atoms with Crippen LogP contribution in [0.4, 0.5) is 0 Å². The van der Waals surface area contributed by atoms with Crippen molar-refractivity contribution in [1.29, 1.82) is 0 Å². The van der Waals surface area contributed by atoms with Gasteiger partial charge in [-0.25, -0.2) is 0 Å². The van der Waals surface area contributed by atoms with E-state index in [0.717, 1.165) is 51.4 Å². The number of benzene rings is 2. The number of aromatic nitrogens is 3. The van der Waals surface area contributed by atoms with Crippen LogP contribution in [0.2, 0.25) is 0 Å². The summed E-state index contributed by atoms with van der Waals surface area (Å²) < 4.78 is 2.13. The molecule has 0 atom stereocenters. The lowest BCUT2D eigenvalue weighted by Gasteiger charge is -2.16. The van der Waals surface area contributed by atoms with Gasteiger partial charge in [-0.3, -0.25) is 9.36 Å². The van der Waals surface area contributed by atoms with Crippen molar-refractivity contribution in [2.45, 2.75) is 31.2 Å². The van der Waals surface area contributed by atoms with Gasteiger partial charge in [-0.2, -0.15) is 0 Å². The highest BCUT2D eigenvalue weighted by molar-refractivity contribution is 7.98. The van der Waals surface area contributed by atoms with E-state index in [1.165, 1.54) is 5.56 Å².